The summed E-state index contributed by atoms with van der Waals surface area (Å²) in [6.07, 6.45) is 1.76. The van der Waals surface area contributed by atoms with Gasteiger partial charge in [-0.25, -0.2) is 0 Å². The van der Waals surface area contributed by atoms with Crippen molar-refractivity contribution in [3.63, 3.8) is 0 Å². The summed E-state index contributed by atoms with van der Waals surface area (Å²) in [7, 11) is 4.65. The van der Waals surface area contributed by atoms with Crippen LogP contribution in [0.3, 0.4) is 0 Å². The van der Waals surface area contributed by atoms with E-state index in [2.05, 4.69) is 0 Å². The molecule has 0 bridgehead atoms. The molecule has 0 atom stereocenters. The van der Waals surface area contributed by atoms with E-state index in [9.17, 15) is 4.79 Å². The Morgan fingerprint density at radius 3 is 2.33 bits per heavy atom. The van der Waals surface area contributed by atoms with E-state index in [4.69, 9.17) is 26.4 Å². The molecule has 2 aromatic rings. The summed E-state index contributed by atoms with van der Waals surface area (Å²) in [6, 6.07) is 11.3. The van der Waals surface area contributed by atoms with E-state index in [0.717, 1.165) is 11.3 Å². The fourth-order valence-corrected chi connectivity index (χ4v) is 4.14. The predicted molar refractivity (Wildman–Crippen MR) is 113 cm³/mol. The zero-order chi connectivity index (χ0) is 19.6. The molecule has 1 saturated heterocycles. The van der Waals surface area contributed by atoms with Crippen LogP contribution in [0, 0.1) is 6.92 Å². The molecule has 5 nitrogen and oxygen atoms in total. The van der Waals surface area contributed by atoms with Crippen LogP contribution in [-0.4, -0.2) is 31.6 Å². The van der Waals surface area contributed by atoms with E-state index in [1.165, 1.54) is 11.8 Å². The normalized spacial score (nSPS) is 15.4. The van der Waals surface area contributed by atoms with Gasteiger partial charge in [0.05, 0.1) is 31.9 Å². The second-order valence-corrected chi connectivity index (χ2v) is 7.40. The topological polar surface area (TPSA) is 48.0 Å². The third-order valence-electron chi connectivity index (χ3n) is 4.17. The minimum atomic E-state index is -0.156. The zero-order valence-corrected chi connectivity index (χ0v) is 17.1. The summed E-state index contributed by atoms with van der Waals surface area (Å²) in [6.45, 7) is 1.95. The van der Waals surface area contributed by atoms with E-state index < -0.39 is 0 Å². The fourth-order valence-electron chi connectivity index (χ4n) is 2.87. The minimum Gasteiger partial charge on any atom is -0.493 e. The van der Waals surface area contributed by atoms with Crippen molar-refractivity contribution in [1.29, 1.82) is 0 Å². The Kier molecular flexibility index (Phi) is 5.72. The number of aryl methyl sites for hydroxylation is 1. The lowest BCUT2D eigenvalue weighted by Crippen LogP contribution is -2.28. The number of para-hydroxylation sites is 1. The van der Waals surface area contributed by atoms with Gasteiger partial charge < -0.3 is 14.2 Å². The number of ether oxygens (including phenoxy) is 3. The van der Waals surface area contributed by atoms with Crippen LogP contribution in [0.5, 0.6) is 17.2 Å². The summed E-state index contributed by atoms with van der Waals surface area (Å²) in [5.74, 6) is 1.37. The quantitative estimate of drug-likeness (QED) is 0.546. The number of anilines is 1. The number of hydrogen-bond donors (Lipinski definition) is 0. The number of benzene rings is 2. The number of methoxy groups -OCH3 is 3. The van der Waals surface area contributed by atoms with Crippen LogP contribution in [0.15, 0.2) is 41.3 Å². The van der Waals surface area contributed by atoms with Crippen LogP contribution < -0.4 is 19.1 Å². The molecule has 2 aromatic carbocycles. The van der Waals surface area contributed by atoms with Gasteiger partial charge in [-0.15, -0.1) is 0 Å². The van der Waals surface area contributed by atoms with Gasteiger partial charge in [0.2, 0.25) is 5.75 Å². The lowest BCUT2D eigenvalue weighted by molar-refractivity contribution is -0.113. The highest BCUT2D eigenvalue weighted by Gasteiger charge is 2.34. The molecule has 1 aliphatic heterocycles. The van der Waals surface area contributed by atoms with Gasteiger partial charge in [-0.1, -0.05) is 42.2 Å². The largest absolute Gasteiger partial charge is 0.493 e. The highest BCUT2D eigenvalue weighted by atomic mass is 32.2. The minimum absolute atomic E-state index is 0.156. The lowest BCUT2D eigenvalue weighted by atomic mass is 10.1. The molecule has 1 fully saturated rings. The Balaban J connectivity index is 2.03. The number of carbonyl (C=O) groups excluding carboxylic acids is 1. The third-order valence-corrected chi connectivity index (χ3v) is 5.47. The van der Waals surface area contributed by atoms with Gasteiger partial charge >= 0.3 is 0 Å². The SMILES string of the molecule is COc1ccc(/C=C2\SC(=S)N(c3ccccc3C)C2=O)c(OC)c1OC. The third kappa shape index (κ3) is 3.52. The average Bonchev–Trinajstić information content (AvgIpc) is 2.95. The predicted octanol–water partition coefficient (Wildman–Crippen LogP) is 4.43. The maximum absolute atomic E-state index is 13.0. The van der Waals surface area contributed by atoms with E-state index >= 15 is 0 Å². The Hall–Kier alpha value is -2.51. The van der Waals surface area contributed by atoms with Gasteiger partial charge in [-0.05, 0) is 36.8 Å². The Morgan fingerprint density at radius 2 is 1.70 bits per heavy atom. The first-order valence-corrected chi connectivity index (χ1v) is 9.36. The summed E-state index contributed by atoms with van der Waals surface area (Å²) >= 11 is 6.72. The van der Waals surface area contributed by atoms with Crippen LogP contribution >= 0.6 is 24.0 Å². The second-order valence-electron chi connectivity index (χ2n) is 5.73. The van der Waals surface area contributed by atoms with Gasteiger partial charge in [-0.3, -0.25) is 9.69 Å². The van der Waals surface area contributed by atoms with E-state index in [0.29, 0.717) is 32.0 Å². The van der Waals surface area contributed by atoms with Crippen LogP contribution in [0.4, 0.5) is 5.69 Å². The van der Waals surface area contributed by atoms with Crippen molar-refractivity contribution in [3.05, 3.63) is 52.4 Å². The molecule has 0 N–H and O–H groups in total. The number of carbonyl (C=O) groups is 1. The molecule has 1 heterocycles. The summed E-state index contributed by atoms with van der Waals surface area (Å²) < 4.78 is 16.7. The second kappa shape index (κ2) is 8.02. The molecule has 7 heteroatoms. The van der Waals surface area contributed by atoms with Crippen LogP contribution in [-0.2, 0) is 4.79 Å². The first-order chi connectivity index (χ1) is 13.0. The molecular weight excluding hydrogens is 382 g/mol. The smallest absolute Gasteiger partial charge is 0.270 e. The zero-order valence-electron chi connectivity index (χ0n) is 15.4. The van der Waals surface area contributed by atoms with E-state index in [-0.39, 0.29) is 5.91 Å². The Morgan fingerprint density at radius 1 is 1.00 bits per heavy atom. The van der Waals surface area contributed by atoms with Gasteiger partial charge in [0, 0.05) is 5.56 Å². The van der Waals surface area contributed by atoms with Gasteiger partial charge in [0.15, 0.2) is 15.8 Å². The number of hydrogen-bond acceptors (Lipinski definition) is 6. The molecule has 0 radical (unpaired) electrons. The molecule has 0 spiro atoms. The maximum Gasteiger partial charge on any atom is 0.270 e. The Bertz CT molecular complexity index is 940. The van der Waals surface area contributed by atoms with Crippen LogP contribution in [0.2, 0.25) is 0 Å². The first-order valence-electron chi connectivity index (χ1n) is 8.14. The van der Waals surface area contributed by atoms with Crippen LogP contribution in [0.25, 0.3) is 6.08 Å². The monoisotopic (exact) mass is 401 g/mol. The summed E-state index contributed by atoms with van der Waals surface area (Å²) in [5, 5.41) is 0. The van der Waals surface area contributed by atoms with Crippen molar-refractivity contribution >= 4 is 46.0 Å². The number of thioether (sulfide) groups is 1. The highest BCUT2D eigenvalue weighted by molar-refractivity contribution is 8.27. The molecular formula is C20H19NO4S2. The van der Waals surface area contributed by atoms with E-state index in [1.807, 2.05) is 37.3 Å². The number of thiocarbonyl (C=S) groups is 1. The first kappa shape index (κ1) is 19.3. The fraction of sp³-hybridized carbons (Fsp3) is 0.200. The van der Waals surface area contributed by atoms with Gasteiger partial charge in [0.1, 0.15) is 0 Å². The molecule has 0 aromatic heterocycles. The van der Waals surface area contributed by atoms with Gasteiger partial charge in [-0.2, -0.15) is 0 Å². The van der Waals surface area contributed by atoms with E-state index in [1.54, 1.807) is 38.4 Å². The molecule has 1 aliphatic rings. The molecule has 0 saturated carbocycles. The summed E-state index contributed by atoms with van der Waals surface area (Å²) in [5.41, 5.74) is 2.49. The molecule has 0 unspecified atom stereocenters. The number of rotatable bonds is 5. The summed E-state index contributed by atoms with van der Waals surface area (Å²) in [4.78, 5) is 15.1. The standard InChI is InChI=1S/C20H19NO4S2/c1-12-7-5-6-8-14(12)21-19(22)16(27-20(21)26)11-13-9-10-15(23-2)18(25-4)17(13)24-3/h5-11H,1-4H3/b16-11-. The number of nitrogens with zero attached hydrogens (tertiary/aromatic N) is 1. The molecule has 0 aliphatic carbocycles. The maximum atomic E-state index is 13.0. The highest BCUT2D eigenvalue weighted by Crippen LogP contribution is 2.43. The molecule has 140 valence electrons. The van der Waals surface area contributed by atoms with Crippen molar-refractivity contribution in [2.45, 2.75) is 6.92 Å². The van der Waals surface area contributed by atoms with Crippen molar-refractivity contribution in [2.75, 3.05) is 26.2 Å². The number of amides is 1. The molecule has 1 amide bonds. The van der Waals surface area contributed by atoms with Crippen molar-refractivity contribution < 1.29 is 19.0 Å². The van der Waals surface area contributed by atoms with Crippen molar-refractivity contribution in [2.24, 2.45) is 0 Å². The van der Waals surface area contributed by atoms with Gasteiger partial charge in [0.25, 0.3) is 5.91 Å². The van der Waals surface area contributed by atoms with Crippen LogP contribution in [0.1, 0.15) is 11.1 Å². The molecule has 27 heavy (non-hydrogen) atoms. The van der Waals surface area contributed by atoms with Crippen molar-refractivity contribution in [3.8, 4) is 17.2 Å². The average molecular weight is 402 g/mol. The Labute approximate surface area is 167 Å². The van der Waals surface area contributed by atoms with Crippen molar-refractivity contribution in [1.82, 2.24) is 0 Å². The molecule has 3 rings (SSSR count). The lowest BCUT2D eigenvalue weighted by Gasteiger charge is -2.17.